The van der Waals surface area contributed by atoms with E-state index < -0.39 is 0 Å². The number of tetrazole rings is 1. The largest absolute Gasteiger partial charge is 0.491 e. The third-order valence-corrected chi connectivity index (χ3v) is 4.20. The Labute approximate surface area is 155 Å². The van der Waals surface area contributed by atoms with Crippen molar-refractivity contribution in [1.82, 2.24) is 20.2 Å². The van der Waals surface area contributed by atoms with Crippen LogP contribution in [0.5, 0.6) is 5.75 Å². The first-order chi connectivity index (χ1) is 12.6. The number of carbonyl (C=O) groups excluding carboxylic acids is 1. The molecular formula is C18H19N5O2S. The van der Waals surface area contributed by atoms with Crippen LogP contribution in [0, 0.1) is 0 Å². The van der Waals surface area contributed by atoms with Crippen LogP contribution in [0.3, 0.4) is 0 Å². The Morgan fingerprint density at radius 3 is 2.58 bits per heavy atom. The molecule has 0 saturated heterocycles. The van der Waals surface area contributed by atoms with Crippen molar-refractivity contribution in [3.8, 4) is 11.4 Å². The molecule has 0 unspecified atom stereocenters. The number of hydrogen-bond donors (Lipinski definition) is 1. The van der Waals surface area contributed by atoms with Crippen molar-refractivity contribution in [3.05, 3.63) is 54.6 Å². The van der Waals surface area contributed by atoms with E-state index in [2.05, 4.69) is 20.8 Å². The van der Waals surface area contributed by atoms with Crippen molar-refractivity contribution >= 4 is 23.4 Å². The lowest BCUT2D eigenvalue weighted by atomic mass is 10.3. The fourth-order valence-electron chi connectivity index (χ4n) is 2.22. The first kappa shape index (κ1) is 17.9. The second kappa shape index (κ2) is 8.48. The summed E-state index contributed by atoms with van der Waals surface area (Å²) in [5.74, 6) is 0.849. The highest BCUT2D eigenvalue weighted by molar-refractivity contribution is 7.99. The van der Waals surface area contributed by atoms with E-state index in [0.717, 1.165) is 11.4 Å². The Morgan fingerprint density at radius 1 is 1.15 bits per heavy atom. The summed E-state index contributed by atoms with van der Waals surface area (Å²) in [5, 5.41) is 15.1. The molecule has 1 heterocycles. The van der Waals surface area contributed by atoms with E-state index in [9.17, 15) is 4.79 Å². The van der Waals surface area contributed by atoms with Gasteiger partial charge in [-0.15, -0.1) is 5.10 Å². The van der Waals surface area contributed by atoms with Crippen LogP contribution in [0.15, 0.2) is 59.8 Å². The molecule has 0 saturated carbocycles. The standard InChI is InChI=1S/C18H19N5O2S/c1-13(2)25-16-10-8-14(9-11-16)19-17(24)12-26-18-20-21-22-23(18)15-6-4-3-5-7-15/h3-11,13H,12H2,1-2H3,(H,19,24). The topological polar surface area (TPSA) is 81.9 Å². The number of thioether (sulfide) groups is 1. The molecule has 0 fully saturated rings. The minimum absolute atomic E-state index is 0.113. The van der Waals surface area contributed by atoms with E-state index in [-0.39, 0.29) is 17.8 Å². The summed E-state index contributed by atoms with van der Waals surface area (Å²) in [4.78, 5) is 12.2. The number of nitrogens with one attached hydrogen (secondary N) is 1. The van der Waals surface area contributed by atoms with Gasteiger partial charge in [0.05, 0.1) is 17.5 Å². The van der Waals surface area contributed by atoms with E-state index in [1.54, 1.807) is 4.68 Å². The molecule has 134 valence electrons. The zero-order valence-corrected chi connectivity index (χ0v) is 15.3. The summed E-state index contributed by atoms with van der Waals surface area (Å²) < 4.78 is 7.19. The van der Waals surface area contributed by atoms with Crippen LogP contribution in [0.1, 0.15) is 13.8 Å². The van der Waals surface area contributed by atoms with Gasteiger partial charge in [-0.3, -0.25) is 4.79 Å². The summed E-state index contributed by atoms with van der Waals surface area (Å²) in [6.45, 7) is 3.94. The van der Waals surface area contributed by atoms with Gasteiger partial charge in [0, 0.05) is 5.69 Å². The van der Waals surface area contributed by atoms with Crippen LogP contribution in [-0.4, -0.2) is 38.0 Å². The Hall–Kier alpha value is -2.87. The van der Waals surface area contributed by atoms with E-state index in [1.165, 1.54) is 11.8 Å². The summed E-state index contributed by atoms with van der Waals surface area (Å²) in [7, 11) is 0. The molecule has 2 aromatic carbocycles. The fraction of sp³-hybridized carbons (Fsp3) is 0.222. The van der Waals surface area contributed by atoms with Gasteiger partial charge in [-0.25, -0.2) is 0 Å². The van der Waals surface area contributed by atoms with Gasteiger partial charge in [0.15, 0.2) is 0 Å². The number of benzene rings is 2. The molecule has 0 bridgehead atoms. The summed E-state index contributed by atoms with van der Waals surface area (Å²) in [6.07, 6.45) is 0.113. The van der Waals surface area contributed by atoms with Gasteiger partial charge < -0.3 is 10.1 Å². The normalized spacial score (nSPS) is 10.7. The Balaban J connectivity index is 1.56. The molecule has 1 aromatic heterocycles. The monoisotopic (exact) mass is 369 g/mol. The number of rotatable bonds is 7. The van der Waals surface area contributed by atoms with Gasteiger partial charge in [-0.2, -0.15) is 4.68 Å². The molecule has 3 aromatic rings. The number of anilines is 1. The quantitative estimate of drug-likeness (QED) is 0.644. The second-order valence-corrected chi connectivity index (χ2v) is 6.68. The molecule has 7 nitrogen and oxygen atoms in total. The first-order valence-corrected chi connectivity index (χ1v) is 9.13. The van der Waals surface area contributed by atoms with Crippen LogP contribution in [0.4, 0.5) is 5.69 Å². The van der Waals surface area contributed by atoms with Crippen molar-refractivity contribution in [1.29, 1.82) is 0 Å². The maximum atomic E-state index is 12.2. The average Bonchev–Trinajstić information content (AvgIpc) is 3.11. The number of aromatic nitrogens is 4. The number of hydrogen-bond acceptors (Lipinski definition) is 6. The Kier molecular flexibility index (Phi) is 5.85. The van der Waals surface area contributed by atoms with Crippen molar-refractivity contribution in [2.45, 2.75) is 25.1 Å². The number of ether oxygens (including phenoxy) is 1. The summed E-state index contributed by atoms with van der Waals surface area (Å²) in [6, 6.07) is 16.8. The molecule has 3 rings (SSSR count). The summed E-state index contributed by atoms with van der Waals surface area (Å²) in [5.41, 5.74) is 1.57. The van der Waals surface area contributed by atoms with Gasteiger partial charge in [0.2, 0.25) is 11.1 Å². The van der Waals surface area contributed by atoms with Gasteiger partial charge >= 0.3 is 0 Å². The molecule has 0 atom stereocenters. The molecule has 0 spiro atoms. The van der Waals surface area contributed by atoms with Crippen LogP contribution in [0.2, 0.25) is 0 Å². The minimum atomic E-state index is -0.130. The number of carbonyl (C=O) groups is 1. The van der Waals surface area contributed by atoms with Crippen LogP contribution in [-0.2, 0) is 4.79 Å². The predicted molar refractivity (Wildman–Crippen MR) is 101 cm³/mol. The van der Waals surface area contributed by atoms with Crippen molar-refractivity contribution in [2.24, 2.45) is 0 Å². The molecule has 0 aliphatic heterocycles. The SMILES string of the molecule is CC(C)Oc1ccc(NC(=O)CSc2nnnn2-c2ccccc2)cc1. The van der Waals surface area contributed by atoms with Gasteiger partial charge in [0.25, 0.3) is 0 Å². The highest BCUT2D eigenvalue weighted by Gasteiger charge is 2.11. The Morgan fingerprint density at radius 2 is 1.88 bits per heavy atom. The molecule has 0 aliphatic rings. The third-order valence-electron chi connectivity index (χ3n) is 3.28. The van der Waals surface area contributed by atoms with Gasteiger partial charge in [-0.05, 0) is 60.7 Å². The maximum absolute atomic E-state index is 12.2. The molecular weight excluding hydrogens is 350 g/mol. The average molecular weight is 369 g/mol. The van der Waals surface area contributed by atoms with Crippen molar-refractivity contribution < 1.29 is 9.53 Å². The van der Waals surface area contributed by atoms with E-state index in [4.69, 9.17) is 4.74 Å². The Bertz CT molecular complexity index is 850. The zero-order chi connectivity index (χ0) is 18.4. The second-order valence-electron chi connectivity index (χ2n) is 5.74. The predicted octanol–water partition coefficient (Wildman–Crippen LogP) is 3.18. The summed E-state index contributed by atoms with van der Waals surface area (Å²) >= 11 is 1.28. The van der Waals surface area contributed by atoms with Crippen molar-refractivity contribution in [3.63, 3.8) is 0 Å². The van der Waals surface area contributed by atoms with Crippen LogP contribution < -0.4 is 10.1 Å². The van der Waals surface area contributed by atoms with Crippen LogP contribution >= 0.6 is 11.8 Å². The van der Waals surface area contributed by atoms with E-state index in [0.29, 0.717) is 10.8 Å². The van der Waals surface area contributed by atoms with Crippen LogP contribution in [0.25, 0.3) is 5.69 Å². The van der Waals surface area contributed by atoms with E-state index >= 15 is 0 Å². The van der Waals surface area contributed by atoms with Gasteiger partial charge in [-0.1, -0.05) is 30.0 Å². The smallest absolute Gasteiger partial charge is 0.234 e. The van der Waals surface area contributed by atoms with E-state index in [1.807, 2.05) is 68.4 Å². The minimum Gasteiger partial charge on any atom is -0.491 e. The number of para-hydroxylation sites is 1. The van der Waals surface area contributed by atoms with Crippen molar-refractivity contribution in [2.75, 3.05) is 11.1 Å². The maximum Gasteiger partial charge on any atom is 0.234 e. The lowest BCUT2D eigenvalue weighted by molar-refractivity contribution is -0.113. The highest BCUT2D eigenvalue weighted by Crippen LogP contribution is 2.20. The fourth-order valence-corrected chi connectivity index (χ4v) is 2.91. The molecule has 8 heteroatoms. The molecule has 1 amide bonds. The molecule has 1 N–H and O–H groups in total. The van der Waals surface area contributed by atoms with Gasteiger partial charge in [0.1, 0.15) is 5.75 Å². The molecule has 0 aliphatic carbocycles. The number of amides is 1. The lowest BCUT2D eigenvalue weighted by Gasteiger charge is -2.10. The number of nitrogens with zero attached hydrogens (tertiary/aromatic N) is 4. The lowest BCUT2D eigenvalue weighted by Crippen LogP contribution is -2.14. The first-order valence-electron chi connectivity index (χ1n) is 8.15. The highest BCUT2D eigenvalue weighted by atomic mass is 32.2. The molecule has 0 radical (unpaired) electrons. The molecule has 26 heavy (non-hydrogen) atoms. The third kappa shape index (κ3) is 4.82. The zero-order valence-electron chi connectivity index (χ0n) is 14.5.